The Morgan fingerprint density at radius 3 is 2.56 bits per heavy atom. The van der Waals surface area contributed by atoms with Crippen molar-refractivity contribution in [2.75, 3.05) is 12.4 Å². The maximum atomic E-state index is 11.7. The molecule has 0 saturated carbocycles. The van der Waals surface area contributed by atoms with Crippen LogP contribution in [0.1, 0.15) is 12.1 Å². The molecule has 1 atom stereocenters. The molecule has 0 radical (unpaired) electrons. The molecule has 1 aliphatic heterocycles. The molecule has 2 heterocycles. The van der Waals surface area contributed by atoms with Gasteiger partial charge in [0.15, 0.2) is 0 Å². The lowest BCUT2D eigenvalue weighted by Crippen LogP contribution is -2.31. The number of aromatic nitrogens is 2. The molecule has 6 heteroatoms. The first-order valence-electron chi connectivity index (χ1n) is 5.06. The number of aryl methyl sites for hydroxylation is 2. The van der Waals surface area contributed by atoms with Crippen LogP contribution in [0.4, 0.5) is 5.69 Å². The molecule has 2 amide bonds. The van der Waals surface area contributed by atoms with Crippen LogP contribution >= 0.6 is 0 Å². The fourth-order valence-corrected chi connectivity index (χ4v) is 1.80. The topological polar surface area (TPSA) is 67.2 Å². The normalized spacial score (nSPS) is 20.7. The molecule has 1 saturated heterocycles. The molecule has 0 spiro atoms. The first-order chi connectivity index (χ1) is 7.49. The van der Waals surface area contributed by atoms with Gasteiger partial charge < -0.3 is 5.32 Å². The smallest absolute Gasteiger partial charge is 0.251 e. The van der Waals surface area contributed by atoms with E-state index in [9.17, 15) is 9.59 Å². The third-order valence-electron chi connectivity index (χ3n) is 2.72. The zero-order valence-corrected chi connectivity index (χ0v) is 9.52. The van der Waals surface area contributed by atoms with E-state index in [0.717, 1.165) is 16.3 Å². The molecule has 2 rings (SSSR count). The highest BCUT2D eigenvalue weighted by molar-refractivity contribution is 6.06. The lowest BCUT2D eigenvalue weighted by atomic mass is 10.2. The minimum Gasteiger partial charge on any atom is -0.370 e. The zero-order valence-electron chi connectivity index (χ0n) is 9.52. The van der Waals surface area contributed by atoms with E-state index in [0.29, 0.717) is 0 Å². The van der Waals surface area contributed by atoms with Gasteiger partial charge in [-0.05, 0) is 6.92 Å². The molecular formula is C10H14N4O2. The van der Waals surface area contributed by atoms with Gasteiger partial charge in [-0.2, -0.15) is 5.10 Å². The summed E-state index contributed by atoms with van der Waals surface area (Å²) in [6.45, 7) is 1.85. The molecule has 1 N–H and O–H groups in total. The lowest BCUT2D eigenvalue weighted by molar-refractivity contribution is -0.136. The van der Waals surface area contributed by atoms with E-state index >= 15 is 0 Å². The summed E-state index contributed by atoms with van der Waals surface area (Å²) in [5, 5.41) is 7.21. The third kappa shape index (κ3) is 1.66. The Morgan fingerprint density at radius 2 is 2.12 bits per heavy atom. The van der Waals surface area contributed by atoms with E-state index in [2.05, 4.69) is 10.4 Å². The number of hydrogen-bond donors (Lipinski definition) is 1. The Balaban J connectivity index is 2.14. The fourth-order valence-electron chi connectivity index (χ4n) is 1.80. The second kappa shape index (κ2) is 3.62. The molecule has 16 heavy (non-hydrogen) atoms. The minimum absolute atomic E-state index is 0.149. The van der Waals surface area contributed by atoms with Gasteiger partial charge in [0.05, 0.1) is 17.8 Å². The molecule has 1 aromatic heterocycles. The monoisotopic (exact) mass is 222 g/mol. The van der Waals surface area contributed by atoms with E-state index in [-0.39, 0.29) is 18.2 Å². The summed E-state index contributed by atoms with van der Waals surface area (Å²) >= 11 is 0. The summed E-state index contributed by atoms with van der Waals surface area (Å²) in [6.07, 6.45) is 2.01. The molecule has 0 bridgehead atoms. The standard InChI is InChI=1S/C10H14N4O2/c1-6-8(5-13(2)12-6)11-7-4-9(15)14(3)10(7)16/h5,7,11H,4H2,1-3H3. The van der Waals surface area contributed by atoms with Crippen LogP contribution in [0.5, 0.6) is 0 Å². The molecule has 1 fully saturated rings. The van der Waals surface area contributed by atoms with Crippen molar-refractivity contribution in [1.82, 2.24) is 14.7 Å². The van der Waals surface area contributed by atoms with E-state index in [1.54, 1.807) is 10.9 Å². The van der Waals surface area contributed by atoms with Gasteiger partial charge in [-0.3, -0.25) is 19.2 Å². The van der Waals surface area contributed by atoms with Crippen molar-refractivity contribution in [1.29, 1.82) is 0 Å². The highest BCUT2D eigenvalue weighted by Gasteiger charge is 2.36. The van der Waals surface area contributed by atoms with E-state index < -0.39 is 6.04 Å². The molecule has 0 aliphatic carbocycles. The number of likely N-dealkylation sites (tertiary alicyclic amines) is 1. The van der Waals surface area contributed by atoms with E-state index in [1.165, 1.54) is 7.05 Å². The molecule has 1 aromatic rings. The summed E-state index contributed by atoms with van der Waals surface area (Å²) in [6, 6.07) is -0.458. The van der Waals surface area contributed by atoms with Crippen molar-refractivity contribution in [2.45, 2.75) is 19.4 Å². The average molecular weight is 222 g/mol. The number of nitrogens with one attached hydrogen (secondary N) is 1. The lowest BCUT2D eigenvalue weighted by Gasteiger charge is -2.10. The number of anilines is 1. The Labute approximate surface area is 93.2 Å². The van der Waals surface area contributed by atoms with Crippen LogP contribution in [0.3, 0.4) is 0 Å². The van der Waals surface area contributed by atoms with Crippen molar-refractivity contribution in [2.24, 2.45) is 7.05 Å². The highest BCUT2D eigenvalue weighted by atomic mass is 16.2. The van der Waals surface area contributed by atoms with Gasteiger partial charge in [0, 0.05) is 20.3 Å². The van der Waals surface area contributed by atoms with Crippen molar-refractivity contribution >= 4 is 17.5 Å². The summed E-state index contributed by atoms with van der Waals surface area (Å²) in [5.74, 6) is -0.336. The van der Waals surface area contributed by atoms with Gasteiger partial charge >= 0.3 is 0 Å². The number of rotatable bonds is 2. The van der Waals surface area contributed by atoms with E-state index in [4.69, 9.17) is 0 Å². The summed E-state index contributed by atoms with van der Waals surface area (Å²) < 4.78 is 1.67. The van der Waals surface area contributed by atoms with Gasteiger partial charge in [-0.25, -0.2) is 0 Å². The summed E-state index contributed by atoms with van der Waals surface area (Å²) in [4.78, 5) is 24.1. The first kappa shape index (κ1) is 10.7. The van der Waals surface area contributed by atoms with Crippen molar-refractivity contribution in [3.05, 3.63) is 11.9 Å². The molecule has 86 valence electrons. The van der Waals surface area contributed by atoms with Crippen LogP contribution in [0.2, 0.25) is 0 Å². The fraction of sp³-hybridized carbons (Fsp3) is 0.500. The van der Waals surface area contributed by atoms with Crippen LogP contribution in [0, 0.1) is 6.92 Å². The van der Waals surface area contributed by atoms with Gasteiger partial charge in [0.2, 0.25) is 5.91 Å². The Kier molecular flexibility index (Phi) is 2.41. The zero-order chi connectivity index (χ0) is 11.9. The molecule has 6 nitrogen and oxygen atoms in total. The molecular weight excluding hydrogens is 208 g/mol. The number of nitrogens with zero attached hydrogens (tertiary/aromatic N) is 3. The summed E-state index contributed by atoms with van der Waals surface area (Å²) in [7, 11) is 3.31. The predicted octanol–water partition coefficient (Wildman–Crippen LogP) is -0.102. The quantitative estimate of drug-likeness (QED) is 0.709. The number of amides is 2. The largest absolute Gasteiger partial charge is 0.370 e. The van der Waals surface area contributed by atoms with Crippen molar-refractivity contribution in [3.8, 4) is 0 Å². The summed E-state index contributed by atoms with van der Waals surface area (Å²) in [5.41, 5.74) is 1.61. The molecule has 1 unspecified atom stereocenters. The van der Waals surface area contributed by atoms with Crippen LogP contribution in [-0.2, 0) is 16.6 Å². The Hall–Kier alpha value is -1.85. The van der Waals surface area contributed by atoms with Gasteiger partial charge in [-0.1, -0.05) is 0 Å². The first-order valence-corrected chi connectivity index (χ1v) is 5.06. The van der Waals surface area contributed by atoms with Crippen LogP contribution < -0.4 is 5.32 Å². The van der Waals surface area contributed by atoms with Crippen LogP contribution in [-0.4, -0.2) is 39.6 Å². The third-order valence-corrected chi connectivity index (χ3v) is 2.72. The van der Waals surface area contributed by atoms with E-state index in [1.807, 2.05) is 14.0 Å². The number of carbonyl (C=O) groups excluding carboxylic acids is 2. The van der Waals surface area contributed by atoms with Crippen molar-refractivity contribution < 1.29 is 9.59 Å². The maximum absolute atomic E-state index is 11.7. The average Bonchev–Trinajstić information content (AvgIpc) is 2.64. The van der Waals surface area contributed by atoms with Gasteiger partial charge in [0.25, 0.3) is 5.91 Å². The van der Waals surface area contributed by atoms with Crippen LogP contribution in [0.15, 0.2) is 6.20 Å². The predicted molar refractivity (Wildman–Crippen MR) is 57.7 cm³/mol. The van der Waals surface area contributed by atoms with Gasteiger partial charge in [0.1, 0.15) is 6.04 Å². The number of imide groups is 1. The van der Waals surface area contributed by atoms with Crippen molar-refractivity contribution in [3.63, 3.8) is 0 Å². The highest BCUT2D eigenvalue weighted by Crippen LogP contribution is 2.19. The molecule has 1 aliphatic rings. The van der Waals surface area contributed by atoms with Gasteiger partial charge in [-0.15, -0.1) is 0 Å². The molecule has 0 aromatic carbocycles. The Bertz CT molecular complexity index is 452. The number of carbonyl (C=O) groups is 2. The Morgan fingerprint density at radius 1 is 1.44 bits per heavy atom. The second-order valence-electron chi connectivity index (χ2n) is 3.99. The SMILES string of the molecule is Cc1nn(C)cc1NC1CC(=O)N(C)C1=O. The number of likely N-dealkylation sites (N-methyl/N-ethyl adjacent to an activating group) is 1. The second-order valence-corrected chi connectivity index (χ2v) is 3.99. The maximum Gasteiger partial charge on any atom is 0.251 e. The number of hydrogen-bond acceptors (Lipinski definition) is 4. The minimum atomic E-state index is -0.458. The van der Waals surface area contributed by atoms with Crippen LogP contribution in [0.25, 0.3) is 0 Å².